The van der Waals surface area contributed by atoms with Gasteiger partial charge in [-0.3, -0.25) is 4.79 Å². The SMILES string of the molecule is Cc1c(Cc2cccc(OC(C)(C)C(=O)O)c2)c2ccc(C(=O)N[C@@H](C)c3ccccc3)cc2n1CC1CC1. The van der Waals surface area contributed by atoms with Gasteiger partial charge < -0.3 is 19.7 Å². The molecule has 5 rings (SSSR count). The minimum Gasteiger partial charge on any atom is -0.478 e. The molecule has 6 heteroatoms. The number of carboxylic acid groups (broad SMARTS) is 1. The van der Waals surface area contributed by atoms with Crippen molar-refractivity contribution < 1.29 is 19.4 Å². The molecule has 1 amide bonds. The Morgan fingerprint density at radius 2 is 1.79 bits per heavy atom. The van der Waals surface area contributed by atoms with Crippen molar-refractivity contribution in [3.8, 4) is 5.75 Å². The van der Waals surface area contributed by atoms with E-state index in [9.17, 15) is 14.7 Å². The van der Waals surface area contributed by atoms with Gasteiger partial charge in [-0.05, 0) is 93.8 Å². The zero-order valence-corrected chi connectivity index (χ0v) is 23.0. The maximum atomic E-state index is 13.2. The first-order chi connectivity index (χ1) is 18.6. The van der Waals surface area contributed by atoms with Crippen LogP contribution in [0.25, 0.3) is 10.9 Å². The number of hydrogen-bond donors (Lipinski definition) is 2. The highest BCUT2D eigenvalue weighted by molar-refractivity contribution is 5.99. The predicted octanol–water partition coefficient (Wildman–Crippen LogP) is 6.68. The van der Waals surface area contributed by atoms with Gasteiger partial charge in [0.1, 0.15) is 5.75 Å². The number of rotatable bonds is 10. The van der Waals surface area contributed by atoms with Crippen LogP contribution in [0, 0.1) is 12.8 Å². The average molecular weight is 525 g/mol. The molecule has 1 aliphatic carbocycles. The van der Waals surface area contributed by atoms with E-state index >= 15 is 0 Å². The Morgan fingerprint density at radius 3 is 2.49 bits per heavy atom. The molecule has 1 aliphatic rings. The van der Waals surface area contributed by atoms with Gasteiger partial charge in [-0.2, -0.15) is 0 Å². The van der Waals surface area contributed by atoms with Crippen LogP contribution in [0.2, 0.25) is 0 Å². The molecular weight excluding hydrogens is 488 g/mol. The van der Waals surface area contributed by atoms with Crippen LogP contribution in [-0.4, -0.2) is 27.2 Å². The van der Waals surface area contributed by atoms with E-state index < -0.39 is 11.6 Å². The van der Waals surface area contributed by atoms with Gasteiger partial charge in [-0.1, -0.05) is 48.5 Å². The number of fused-ring (bicyclic) bond motifs is 1. The van der Waals surface area contributed by atoms with Gasteiger partial charge in [0.15, 0.2) is 5.60 Å². The Kier molecular flexibility index (Phi) is 7.21. The summed E-state index contributed by atoms with van der Waals surface area (Å²) in [4.78, 5) is 24.8. The number of aromatic nitrogens is 1. The lowest BCUT2D eigenvalue weighted by Gasteiger charge is -2.21. The molecule has 202 valence electrons. The van der Waals surface area contributed by atoms with Crippen molar-refractivity contribution in [2.24, 2.45) is 5.92 Å². The molecule has 1 heterocycles. The van der Waals surface area contributed by atoms with Crippen LogP contribution in [-0.2, 0) is 17.8 Å². The molecule has 3 aromatic carbocycles. The fourth-order valence-corrected chi connectivity index (χ4v) is 5.07. The van der Waals surface area contributed by atoms with Crippen molar-refractivity contribution in [3.63, 3.8) is 0 Å². The Hall–Kier alpha value is -4.06. The third kappa shape index (κ3) is 5.85. The quantitative estimate of drug-likeness (QED) is 0.242. The summed E-state index contributed by atoms with van der Waals surface area (Å²) >= 11 is 0. The standard InChI is InChI=1S/C33H36N2O4/c1-21(25-10-6-5-7-11-25)34-31(36)26-15-16-28-29(22(2)35(30(28)19-26)20-23-13-14-23)18-24-9-8-12-27(17-24)39-33(3,4)32(37)38/h5-12,15-17,19,21,23H,13-14,18,20H2,1-4H3,(H,34,36)(H,37,38)/t21-/m0/s1. The molecule has 1 saturated carbocycles. The van der Waals surface area contributed by atoms with Crippen LogP contribution in [0.15, 0.2) is 72.8 Å². The Labute approximate surface area is 229 Å². The van der Waals surface area contributed by atoms with Crippen LogP contribution < -0.4 is 10.1 Å². The molecule has 0 radical (unpaired) electrons. The third-order valence-corrected chi connectivity index (χ3v) is 7.67. The molecule has 4 aromatic rings. The lowest BCUT2D eigenvalue weighted by atomic mass is 10.0. The molecule has 2 N–H and O–H groups in total. The summed E-state index contributed by atoms with van der Waals surface area (Å²) in [5.74, 6) is 0.117. The number of carbonyl (C=O) groups excluding carboxylic acids is 1. The van der Waals surface area contributed by atoms with Gasteiger partial charge in [0.05, 0.1) is 6.04 Å². The fourth-order valence-electron chi connectivity index (χ4n) is 5.07. The summed E-state index contributed by atoms with van der Waals surface area (Å²) in [6.07, 6.45) is 3.16. The minimum absolute atomic E-state index is 0.0856. The number of nitrogens with zero attached hydrogens (tertiary/aromatic N) is 1. The topological polar surface area (TPSA) is 80.6 Å². The van der Waals surface area contributed by atoms with E-state index in [-0.39, 0.29) is 11.9 Å². The predicted molar refractivity (Wildman–Crippen MR) is 153 cm³/mol. The molecule has 1 aromatic heterocycles. The fraction of sp³-hybridized carbons (Fsp3) is 0.333. The smallest absolute Gasteiger partial charge is 0.347 e. The molecule has 0 bridgehead atoms. The summed E-state index contributed by atoms with van der Waals surface area (Å²) in [5, 5.41) is 13.7. The van der Waals surface area contributed by atoms with E-state index in [0.29, 0.717) is 23.7 Å². The van der Waals surface area contributed by atoms with Gasteiger partial charge in [-0.15, -0.1) is 0 Å². The van der Waals surface area contributed by atoms with Crippen LogP contribution in [0.4, 0.5) is 0 Å². The van der Waals surface area contributed by atoms with Crippen molar-refractivity contribution in [2.75, 3.05) is 0 Å². The lowest BCUT2D eigenvalue weighted by molar-refractivity contribution is -0.152. The van der Waals surface area contributed by atoms with Crippen molar-refractivity contribution in [1.29, 1.82) is 0 Å². The summed E-state index contributed by atoms with van der Waals surface area (Å²) in [5.41, 5.74) is 4.94. The first-order valence-electron chi connectivity index (χ1n) is 13.6. The molecule has 0 unspecified atom stereocenters. The van der Waals surface area contributed by atoms with E-state index in [0.717, 1.165) is 28.6 Å². The van der Waals surface area contributed by atoms with E-state index in [1.54, 1.807) is 19.9 Å². The first kappa shape index (κ1) is 26.5. The number of benzene rings is 3. The molecule has 0 spiro atoms. The van der Waals surface area contributed by atoms with Crippen molar-refractivity contribution in [2.45, 2.75) is 65.1 Å². The maximum Gasteiger partial charge on any atom is 0.347 e. The van der Waals surface area contributed by atoms with Crippen LogP contribution >= 0.6 is 0 Å². The second kappa shape index (κ2) is 10.6. The zero-order valence-electron chi connectivity index (χ0n) is 23.0. The summed E-state index contributed by atoms with van der Waals surface area (Å²) < 4.78 is 8.15. The molecule has 0 saturated heterocycles. The highest BCUT2D eigenvalue weighted by Crippen LogP contribution is 2.36. The number of carboxylic acids is 1. The number of ether oxygens (including phenoxy) is 1. The molecule has 1 atom stereocenters. The highest BCUT2D eigenvalue weighted by atomic mass is 16.5. The van der Waals surface area contributed by atoms with Gasteiger partial charge in [0.25, 0.3) is 5.91 Å². The minimum atomic E-state index is -1.32. The van der Waals surface area contributed by atoms with Crippen LogP contribution in [0.1, 0.15) is 72.4 Å². The largest absolute Gasteiger partial charge is 0.478 e. The Morgan fingerprint density at radius 1 is 1.05 bits per heavy atom. The van der Waals surface area contributed by atoms with Gasteiger partial charge in [0, 0.05) is 28.7 Å². The monoisotopic (exact) mass is 524 g/mol. The third-order valence-electron chi connectivity index (χ3n) is 7.67. The normalized spacial score (nSPS) is 14.3. The molecule has 0 aliphatic heterocycles. The van der Waals surface area contributed by atoms with Crippen molar-refractivity contribution in [3.05, 3.63) is 101 Å². The Bertz CT molecular complexity index is 1520. The number of carbonyl (C=O) groups is 2. The van der Waals surface area contributed by atoms with E-state index in [2.05, 4.69) is 22.9 Å². The van der Waals surface area contributed by atoms with Crippen LogP contribution in [0.5, 0.6) is 5.75 Å². The molecule has 39 heavy (non-hydrogen) atoms. The summed E-state index contributed by atoms with van der Waals surface area (Å²) in [6, 6.07) is 23.5. The first-order valence-corrected chi connectivity index (χ1v) is 13.6. The molecule has 1 fully saturated rings. The summed E-state index contributed by atoms with van der Waals surface area (Å²) in [7, 11) is 0. The number of amides is 1. The van der Waals surface area contributed by atoms with Crippen LogP contribution in [0.3, 0.4) is 0 Å². The second-order valence-corrected chi connectivity index (χ2v) is 11.2. The molecular formula is C33H36N2O4. The van der Waals surface area contributed by atoms with Gasteiger partial charge in [-0.25, -0.2) is 4.79 Å². The maximum absolute atomic E-state index is 13.2. The lowest BCUT2D eigenvalue weighted by Crippen LogP contribution is -2.37. The highest BCUT2D eigenvalue weighted by Gasteiger charge is 2.29. The second-order valence-electron chi connectivity index (χ2n) is 11.2. The summed E-state index contributed by atoms with van der Waals surface area (Å²) in [6.45, 7) is 8.20. The van der Waals surface area contributed by atoms with E-state index in [1.165, 1.54) is 24.1 Å². The van der Waals surface area contributed by atoms with E-state index in [4.69, 9.17) is 4.74 Å². The number of hydrogen-bond acceptors (Lipinski definition) is 3. The number of nitrogens with one attached hydrogen (secondary N) is 1. The number of aliphatic carboxylic acids is 1. The van der Waals surface area contributed by atoms with Crippen molar-refractivity contribution in [1.82, 2.24) is 9.88 Å². The van der Waals surface area contributed by atoms with Gasteiger partial charge in [0.2, 0.25) is 0 Å². The Balaban J connectivity index is 1.45. The van der Waals surface area contributed by atoms with E-state index in [1.807, 2.05) is 67.6 Å². The van der Waals surface area contributed by atoms with Gasteiger partial charge >= 0.3 is 5.97 Å². The average Bonchev–Trinajstić information content (AvgIpc) is 3.70. The molecule has 6 nitrogen and oxygen atoms in total. The van der Waals surface area contributed by atoms with Crippen molar-refractivity contribution >= 4 is 22.8 Å². The zero-order chi connectivity index (χ0) is 27.7.